The average Bonchev–Trinajstić information content (AvgIpc) is 2.96. The van der Waals surface area contributed by atoms with E-state index in [1.807, 2.05) is 13.8 Å². The topological polar surface area (TPSA) is 54.3 Å². The van der Waals surface area contributed by atoms with E-state index in [4.69, 9.17) is 4.42 Å². The quantitative estimate of drug-likeness (QED) is 0.860. The molecule has 1 aromatic carbocycles. The molecule has 0 aliphatic rings. The van der Waals surface area contributed by atoms with Gasteiger partial charge in [-0.15, -0.1) is 0 Å². The van der Waals surface area contributed by atoms with E-state index in [2.05, 4.69) is 10.6 Å². The third-order valence-electron chi connectivity index (χ3n) is 3.08. The Hall–Kier alpha value is -2.14. The predicted octanol–water partition coefficient (Wildman–Crippen LogP) is 2.81. The van der Waals surface area contributed by atoms with Gasteiger partial charge in [0.2, 0.25) is 0 Å². The fourth-order valence-corrected chi connectivity index (χ4v) is 1.98. The molecule has 0 unspecified atom stereocenters. The molecule has 0 aliphatic carbocycles. The highest BCUT2D eigenvalue weighted by molar-refractivity contribution is 5.92. The second-order valence-corrected chi connectivity index (χ2v) is 4.84. The molecule has 0 saturated heterocycles. The van der Waals surface area contributed by atoms with Gasteiger partial charge in [0.1, 0.15) is 11.6 Å². The molecular formula is C16H19FN2O2. The molecule has 0 bridgehead atoms. The Bertz CT molecular complexity index is 593. The van der Waals surface area contributed by atoms with Crippen molar-refractivity contribution in [2.75, 3.05) is 13.1 Å². The van der Waals surface area contributed by atoms with Crippen LogP contribution in [0.4, 0.5) is 4.39 Å². The summed E-state index contributed by atoms with van der Waals surface area (Å²) in [5.74, 6) is 0.228. The molecular weight excluding hydrogens is 271 g/mol. The Balaban J connectivity index is 1.99. The number of likely N-dealkylation sites (N-methyl/N-ethyl adjacent to an activating group) is 1. The van der Waals surface area contributed by atoms with Gasteiger partial charge in [0.05, 0.1) is 0 Å². The number of nitrogens with one attached hydrogen (secondary N) is 2. The molecule has 0 fully saturated rings. The lowest BCUT2D eigenvalue weighted by Gasteiger charge is -2.12. The number of halogens is 1. The van der Waals surface area contributed by atoms with Crippen LogP contribution in [-0.4, -0.2) is 25.0 Å². The Labute approximate surface area is 123 Å². The van der Waals surface area contributed by atoms with Crippen LogP contribution in [-0.2, 0) is 0 Å². The van der Waals surface area contributed by atoms with Crippen LogP contribution in [0.5, 0.6) is 0 Å². The first-order valence-electron chi connectivity index (χ1n) is 6.97. The predicted molar refractivity (Wildman–Crippen MR) is 79.6 cm³/mol. The van der Waals surface area contributed by atoms with E-state index in [0.717, 1.165) is 12.1 Å². The van der Waals surface area contributed by atoms with Gasteiger partial charge in [-0.2, -0.15) is 0 Å². The Morgan fingerprint density at radius 1 is 1.24 bits per heavy atom. The summed E-state index contributed by atoms with van der Waals surface area (Å²) in [7, 11) is 0. The maximum absolute atomic E-state index is 12.9. The van der Waals surface area contributed by atoms with Gasteiger partial charge in [-0.3, -0.25) is 4.79 Å². The molecule has 21 heavy (non-hydrogen) atoms. The van der Waals surface area contributed by atoms with E-state index in [1.54, 1.807) is 24.3 Å². The van der Waals surface area contributed by atoms with E-state index in [-0.39, 0.29) is 23.5 Å². The largest absolute Gasteiger partial charge is 0.451 e. The normalized spacial score (nSPS) is 12.1. The van der Waals surface area contributed by atoms with Gasteiger partial charge in [0.15, 0.2) is 5.76 Å². The number of hydrogen-bond donors (Lipinski definition) is 2. The Kier molecular flexibility index (Phi) is 5.11. The molecule has 0 saturated carbocycles. The van der Waals surface area contributed by atoms with E-state index >= 15 is 0 Å². The number of furan rings is 1. The van der Waals surface area contributed by atoms with Gasteiger partial charge in [-0.1, -0.05) is 6.92 Å². The first kappa shape index (κ1) is 15.3. The van der Waals surface area contributed by atoms with Gasteiger partial charge in [-0.25, -0.2) is 4.39 Å². The molecule has 0 spiro atoms. The van der Waals surface area contributed by atoms with Crippen molar-refractivity contribution in [2.45, 2.75) is 19.9 Å². The second kappa shape index (κ2) is 7.04. The summed E-state index contributed by atoms with van der Waals surface area (Å²) in [6.45, 7) is 5.39. The highest BCUT2D eigenvalue weighted by Gasteiger charge is 2.12. The molecule has 1 aromatic heterocycles. The van der Waals surface area contributed by atoms with Gasteiger partial charge < -0.3 is 15.1 Å². The number of benzene rings is 1. The zero-order valence-corrected chi connectivity index (χ0v) is 12.2. The lowest BCUT2D eigenvalue weighted by atomic mass is 10.2. The van der Waals surface area contributed by atoms with Crippen LogP contribution in [0.1, 0.15) is 24.4 Å². The van der Waals surface area contributed by atoms with Crippen molar-refractivity contribution in [3.63, 3.8) is 0 Å². The maximum Gasteiger partial charge on any atom is 0.287 e. The van der Waals surface area contributed by atoms with Crippen molar-refractivity contribution in [1.82, 2.24) is 10.6 Å². The van der Waals surface area contributed by atoms with Crippen LogP contribution < -0.4 is 10.6 Å². The molecule has 2 N–H and O–H groups in total. The van der Waals surface area contributed by atoms with Gasteiger partial charge in [0, 0.05) is 18.2 Å². The third kappa shape index (κ3) is 4.16. The molecule has 112 valence electrons. The smallest absolute Gasteiger partial charge is 0.287 e. The highest BCUT2D eigenvalue weighted by Crippen LogP contribution is 2.22. The summed E-state index contributed by atoms with van der Waals surface area (Å²) in [4.78, 5) is 12.0. The van der Waals surface area contributed by atoms with E-state index in [9.17, 15) is 9.18 Å². The molecule has 1 atom stereocenters. The molecule has 2 rings (SSSR count). The van der Waals surface area contributed by atoms with Crippen molar-refractivity contribution < 1.29 is 13.6 Å². The van der Waals surface area contributed by atoms with Crippen molar-refractivity contribution in [1.29, 1.82) is 0 Å². The average molecular weight is 290 g/mol. The molecule has 2 aromatic rings. The molecule has 1 heterocycles. The minimum Gasteiger partial charge on any atom is -0.451 e. The van der Waals surface area contributed by atoms with Crippen molar-refractivity contribution >= 4 is 5.91 Å². The van der Waals surface area contributed by atoms with Crippen LogP contribution >= 0.6 is 0 Å². The number of hydrogen-bond acceptors (Lipinski definition) is 3. The van der Waals surface area contributed by atoms with Gasteiger partial charge in [-0.05, 0) is 49.9 Å². The summed E-state index contributed by atoms with van der Waals surface area (Å²) in [5, 5.41) is 6.01. The zero-order chi connectivity index (χ0) is 15.2. The lowest BCUT2D eigenvalue weighted by Crippen LogP contribution is -2.38. The maximum atomic E-state index is 12.9. The SMILES string of the molecule is CCN[C@H](C)CNC(=O)c1ccc(-c2ccc(F)cc2)o1. The summed E-state index contributed by atoms with van der Waals surface area (Å²) in [6.07, 6.45) is 0. The number of carbonyl (C=O) groups excluding carboxylic acids is 1. The second-order valence-electron chi connectivity index (χ2n) is 4.84. The minimum absolute atomic E-state index is 0.200. The van der Waals surface area contributed by atoms with E-state index < -0.39 is 0 Å². The summed E-state index contributed by atoms with van der Waals surface area (Å²) < 4.78 is 18.4. The van der Waals surface area contributed by atoms with Gasteiger partial charge >= 0.3 is 0 Å². The standard InChI is InChI=1S/C16H19FN2O2/c1-3-18-11(2)10-19-16(20)15-9-8-14(21-15)12-4-6-13(17)7-5-12/h4-9,11,18H,3,10H2,1-2H3,(H,19,20)/t11-/m1/s1. The Morgan fingerprint density at radius 3 is 2.62 bits per heavy atom. The summed E-state index contributed by atoms with van der Waals surface area (Å²) in [5.41, 5.74) is 0.733. The fourth-order valence-electron chi connectivity index (χ4n) is 1.98. The monoisotopic (exact) mass is 290 g/mol. The zero-order valence-electron chi connectivity index (χ0n) is 12.2. The minimum atomic E-state index is -0.305. The molecule has 0 radical (unpaired) electrons. The number of carbonyl (C=O) groups is 1. The molecule has 4 nitrogen and oxygen atoms in total. The van der Waals surface area contributed by atoms with Crippen molar-refractivity contribution in [3.8, 4) is 11.3 Å². The van der Waals surface area contributed by atoms with Gasteiger partial charge in [0.25, 0.3) is 5.91 Å². The lowest BCUT2D eigenvalue weighted by molar-refractivity contribution is 0.0923. The van der Waals surface area contributed by atoms with Crippen LogP contribution in [0.25, 0.3) is 11.3 Å². The number of rotatable bonds is 6. The van der Waals surface area contributed by atoms with E-state index in [0.29, 0.717) is 12.3 Å². The third-order valence-corrected chi connectivity index (χ3v) is 3.08. The summed E-state index contributed by atoms with van der Waals surface area (Å²) in [6, 6.07) is 9.46. The van der Waals surface area contributed by atoms with Crippen LogP contribution in [0, 0.1) is 5.82 Å². The van der Waals surface area contributed by atoms with Crippen molar-refractivity contribution in [2.24, 2.45) is 0 Å². The van der Waals surface area contributed by atoms with Crippen LogP contribution in [0.2, 0.25) is 0 Å². The molecule has 5 heteroatoms. The summed E-state index contributed by atoms with van der Waals surface area (Å²) >= 11 is 0. The van der Waals surface area contributed by atoms with E-state index in [1.165, 1.54) is 12.1 Å². The fraction of sp³-hybridized carbons (Fsp3) is 0.312. The molecule has 0 aliphatic heterocycles. The first-order valence-corrected chi connectivity index (χ1v) is 6.97. The van der Waals surface area contributed by atoms with Crippen molar-refractivity contribution in [3.05, 3.63) is 48.0 Å². The molecule has 1 amide bonds. The number of amides is 1. The first-order chi connectivity index (χ1) is 10.1. The highest BCUT2D eigenvalue weighted by atomic mass is 19.1. The Morgan fingerprint density at radius 2 is 1.95 bits per heavy atom. The van der Waals surface area contributed by atoms with Crippen LogP contribution in [0.15, 0.2) is 40.8 Å². The van der Waals surface area contributed by atoms with Crippen LogP contribution in [0.3, 0.4) is 0 Å².